The van der Waals surface area contributed by atoms with Gasteiger partial charge in [-0.25, -0.2) is 0 Å². The number of rotatable bonds is 16. The summed E-state index contributed by atoms with van der Waals surface area (Å²) in [6.45, 7) is 3.35. The van der Waals surface area contributed by atoms with Crippen LogP contribution >= 0.6 is 0 Å². The summed E-state index contributed by atoms with van der Waals surface area (Å²) in [6.07, 6.45) is 8.59. The molecule has 0 spiro atoms. The Balaban J connectivity index is 4.75. The lowest BCUT2D eigenvalue weighted by atomic mass is 10.1. The van der Waals surface area contributed by atoms with Gasteiger partial charge in [0.05, 0.1) is 39.0 Å². The summed E-state index contributed by atoms with van der Waals surface area (Å²) >= 11 is 0. The maximum absolute atomic E-state index is 10.9. The summed E-state index contributed by atoms with van der Waals surface area (Å²) in [5.41, 5.74) is 0. The first kappa shape index (κ1) is 23.1. The van der Waals surface area contributed by atoms with Gasteiger partial charge in [0.2, 0.25) is 0 Å². The number of aliphatic carboxylic acids is 3. The van der Waals surface area contributed by atoms with Crippen LogP contribution in [0.2, 0.25) is 0 Å². The van der Waals surface area contributed by atoms with Gasteiger partial charge < -0.3 is 24.6 Å². The van der Waals surface area contributed by atoms with E-state index in [-0.39, 0.29) is 43.4 Å². The van der Waals surface area contributed by atoms with E-state index in [9.17, 15) is 19.5 Å². The number of carbonyl (C=O) groups excluding carboxylic acids is 1. The molecule has 7 heteroatoms. The highest BCUT2D eigenvalue weighted by Gasteiger charge is 2.28. The fourth-order valence-corrected chi connectivity index (χ4v) is 2.84. The molecule has 0 aromatic carbocycles. The Labute approximate surface area is 149 Å². The van der Waals surface area contributed by atoms with E-state index in [0.29, 0.717) is 6.54 Å². The maximum Gasteiger partial charge on any atom is 0.309 e. The molecule has 144 valence electrons. The first-order valence-electron chi connectivity index (χ1n) is 8.95. The van der Waals surface area contributed by atoms with Crippen molar-refractivity contribution in [1.82, 2.24) is 0 Å². The van der Waals surface area contributed by atoms with E-state index in [1.54, 1.807) is 0 Å². The largest absolute Gasteiger partial charge is 0.550 e. The fourth-order valence-electron chi connectivity index (χ4n) is 2.84. The molecule has 0 rings (SSSR count). The van der Waals surface area contributed by atoms with Gasteiger partial charge in [-0.2, -0.15) is 0 Å². The van der Waals surface area contributed by atoms with Crippen molar-refractivity contribution in [2.75, 3.05) is 26.2 Å². The quantitative estimate of drug-likeness (QED) is 0.245. The van der Waals surface area contributed by atoms with Crippen molar-refractivity contribution in [2.45, 2.75) is 58.3 Å². The number of carboxylic acid groups (broad SMARTS) is 3. The van der Waals surface area contributed by atoms with Crippen LogP contribution in [0.5, 0.6) is 0 Å². The van der Waals surface area contributed by atoms with Crippen molar-refractivity contribution in [3.63, 3.8) is 0 Å². The van der Waals surface area contributed by atoms with Gasteiger partial charge in [-0.1, -0.05) is 19.1 Å². The number of carboxylic acids is 3. The second-order valence-corrected chi connectivity index (χ2v) is 6.37. The number of hydrogen-bond acceptors (Lipinski definition) is 4. The lowest BCUT2D eigenvalue weighted by Crippen LogP contribution is -2.53. The zero-order valence-corrected chi connectivity index (χ0v) is 15.1. The molecule has 0 fully saturated rings. The molecule has 0 saturated heterocycles. The standard InChI is InChI=1S/C18H31NO6/c1-2-3-4-5-6-7-8-12-19(13-9-16(20)21,14-10-17(22)23)15-11-18(24)25/h3-4H,2,5-15H2,1H3,(H2-,20,21,22,23,24,25)/b4-3+. The van der Waals surface area contributed by atoms with Gasteiger partial charge in [-0.05, 0) is 32.1 Å². The van der Waals surface area contributed by atoms with Gasteiger partial charge in [0.1, 0.15) is 0 Å². The Hall–Kier alpha value is -1.89. The number of unbranched alkanes of at least 4 members (excludes halogenated alkanes) is 3. The Kier molecular flexibility index (Phi) is 12.4. The third-order valence-corrected chi connectivity index (χ3v) is 4.30. The van der Waals surface area contributed by atoms with E-state index >= 15 is 0 Å². The van der Waals surface area contributed by atoms with Gasteiger partial charge in [0, 0.05) is 12.4 Å². The van der Waals surface area contributed by atoms with Crippen LogP contribution in [0.25, 0.3) is 0 Å². The van der Waals surface area contributed by atoms with E-state index in [1.165, 1.54) is 0 Å². The normalized spacial score (nSPS) is 11.7. The minimum atomic E-state index is -1.20. The van der Waals surface area contributed by atoms with Gasteiger partial charge in [-0.3, -0.25) is 9.59 Å². The summed E-state index contributed by atoms with van der Waals surface area (Å²) in [6, 6.07) is 0. The minimum Gasteiger partial charge on any atom is -0.550 e. The van der Waals surface area contributed by atoms with Crippen LogP contribution in [0, 0.1) is 0 Å². The van der Waals surface area contributed by atoms with E-state index in [2.05, 4.69) is 19.1 Å². The lowest BCUT2D eigenvalue weighted by Gasteiger charge is -2.38. The second-order valence-electron chi connectivity index (χ2n) is 6.37. The first-order chi connectivity index (χ1) is 11.8. The van der Waals surface area contributed by atoms with Crippen molar-refractivity contribution in [3.8, 4) is 0 Å². The van der Waals surface area contributed by atoms with Crippen molar-refractivity contribution < 1.29 is 34.2 Å². The predicted molar refractivity (Wildman–Crippen MR) is 91.8 cm³/mol. The Bertz CT molecular complexity index is 401. The van der Waals surface area contributed by atoms with Crippen LogP contribution in [0.3, 0.4) is 0 Å². The van der Waals surface area contributed by atoms with Gasteiger partial charge in [0.25, 0.3) is 0 Å². The summed E-state index contributed by atoms with van der Waals surface area (Å²) < 4.78 is 0.206. The van der Waals surface area contributed by atoms with Crippen LogP contribution in [0.1, 0.15) is 58.3 Å². The molecular formula is C18H31NO6. The Morgan fingerprint density at radius 1 is 0.840 bits per heavy atom. The highest BCUT2D eigenvalue weighted by molar-refractivity contribution is 5.67. The molecule has 0 amide bonds. The SMILES string of the molecule is CC/C=C/CCCCC[N+](CCC(=O)[O-])(CCC(=O)O)CCC(=O)O. The van der Waals surface area contributed by atoms with Crippen molar-refractivity contribution in [2.24, 2.45) is 0 Å². The molecule has 0 aliphatic heterocycles. The van der Waals surface area contributed by atoms with E-state index in [0.717, 1.165) is 32.1 Å². The maximum atomic E-state index is 10.9. The minimum absolute atomic E-state index is 0.105. The lowest BCUT2D eigenvalue weighted by molar-refractivity contribution is -0.927. The van der Waals surface area contributed by atoms with Crippen molar-refractivity contribution >= 4 is 17.9 Å². The molecule has 0 aliphatic rings. The van der Waals surface area contributed by atoms with Gasteiger partial charge >= 0.3 is 11.9 Å². The van der Waals surface area contributed by atoms with E-state index in [4.69, 9.17) is 10.2 Å². The number of quaternary nitrogens is 1. The molecule has 0 atom stereocenters. The number of hydrogen-bond donors (Lipinski definition) is 2. The molecule has 0 unspecified atom stereocenters. The number of carbonyl (C=O) groups is 3. The zero-order chi connectivity index (χ0) is 19.1. The summed E-state index contributed by atoms with van der Waals surface area (Å²) in [5.74, 6) is -3.12. The van der Waals surface area contributed by atoms with Crippen LogP contribution < -0.4 is 5.11 Å². The van der Waals surface area contributed by atoms with Gasteiger partial charge in [0.15, 0.2) is 0 Å². The van der Waals surface area contributed by atoms with Crippen molar-refractivity contribution in [1.29, 1.82) is 0 Å². The monoisotopic (exact) mass is 357 g/mol. The molecule has 2 N–H and O–H groups in total. The van der Waals surface area contributed by atoms with Crippen LogP contribution in [0.4, 0.5) is 0 Å². The third kappa shape index (κ3) is 13.1. The van der Waals surface area contributed by atoms with Crippen LogP contribution in [-0.2, 0) is 14.4 Å². The fraction of sp³-hybridized carbons (Fsp3) is 0.722. The summed E-state index contributed by atoms with van der Waals surface area (Å²) in [7, 11) is 0. The Morgan fingerprint density at radius 3 is 1.88 bits per heavy atom. The molecular weight excluding hydrogens is 326 g/mol. The van der Waals surface area contributed by atoms with Gasteiger partial charge in [-0.15, -0.1) is 0 Å². The first-order valence-corrected chi connectivity index (χ1v) is 8.95. The van der Waals surface area contributed by atoms with Crippen LogP contribution in [-0.4, -0.2) is 58.8 Å². The zero-order valence-electron chi connectivity index (χ0n) is 15.1. The average molecular weight is 357 g/mol. The highest BCUT2D eigenvalue weighted by atomic mass is 16.4. The summed E-state index contributed by atoms with van der Waals surface area (Å²) in [4.78, 5) is 32.7. The molecule has 0 bridgehead atoms. The highest BCUT2D eigenvalue weighted by Crippen LogP contribution is 2.15. The predicted octanol–water partition coefficient (Wildman–Crippen LogP) is 1.42. The molecule has 0 radical (unpaired) electrons. The van der Waals surface area contributed by atoms with E-state index in [1.807, 2.05) is 0 Å². The van der Waals surface area contributed by atoms with E-state index < -0.39 is 17.9 Å². The number of nitrogens with zero attached hydrogens (tertiary/aromatic N) is 1. The number of allylic oxidation sites excluding steroid dienone is 2. The Morgan fingerprint density at radius 2 is 1.40 bits per heavy atom. The second kappa shape index (κ2) is 13.4. The molecule has 0 heterocycles. The van der Waals surface area contributed by atoms with Crippen LogP contribution in [0.15, 0.2) is 12.2 Å². The molecule has 25 heavy (non-hydrogen) atoms. The molecule has 0 saturated carbocycles. The summed E-state index contributed by atoms with van der Waals surface area (Å²) in [5, 5.41) is 28.8. The smallest absolute Gasteiger partial charge is 0.309 e. The third-order valence-electron chi connectivity index (χ3n) is 4.30. The average Bonchev–Trinajstić information content (AvgIpc) is 2.54. The topological polar surface area (TPSA) is 115 Å². The molecule has 0 aliphatic carbocycles. The van der Waals surface area contributed by atoms with Crippen molar-refractivity contribution in [3.05, 3.63) is 12.2 Å². The molecule has 0 aromatic rings. The molecule has 0 aromatic heterocycles. The molecule has 7 nitrogen and oxygen atoms in total.